The first-order valence-electron chi connectivity index (χ1n) is 9.22. The lowest BCUT2D eigenvalue weighted by atomic mass is 10.3. The number of anilines is 1. The number of hydrogen-bond acceptors (Lipinski definition) is 7. The smallest absolute Gasteiger partial charge is 0.292 e. The molecule has 0 saturated carbocycles. The molecule has 3 heterocycles. The summed E-state index contributed by atoms with van der Waals surface area (Å²) in [5.74, 6) is -0.445. The zero-order valence-electron chi connectivity index (χ0n) is 16.2. The molecular weight excluding hydrogens is 412 g/mol. The molecule has 0 unspecified atom stereocenters. The molecule has 1 N–H and O–H groups in total. The van der Waals surface area contributed by atoms with E-state index < -0.39 is 15.9 Å². The average molecular weight is 432 g/mol. The van der Waals surface area contributed by atoms with Crippen molar-refractivity contribution in [1.29, 1.82) is 0 Å². The molecule has 1 aromatic carbocycles. The summed E-state index contributed by atoms with van der Waals surface area (Å²) in [6.45, 7) is 1.07. The normalized spacial score (nSPS) is 15.4. The number of amides is 1. The predicted molar refractivity (Wildman–Crippen MR) is 107 cm³/mol. The van der Waals surface area contributed by atoms with E-state index in [-0.39, 0.29) is 35.6 Å². The summed E-state index contributed by atoms with van der Waals surface area (Å²) in [5.41, 5.74) is 0.239. The summed E-state index contributed by atoms with van der Waals surface area (Å²) in [5, 5.41) is 11.2. The number of sulfonamides is 1. The number of carbonyl (C=O) groups is 1. The van der Waals surface area contributed by atoms with Gasteiger partial charge in [-0.1, -0.05) is 6.07 Å². The van der Waals surface area contributed by atoms with Crippen LogP contribution in [-0.2, 0) is 33.1 Å². The molecule has 0 atom stereocenters. The topological polar surface area (TPSA) is 128 Å². The van der Waals surface area contributed by atoms with Crippen LogP contribution in [0, 0.1) is 0 Å². The lowest BCUT2D eigenvalue weighted by Crippen LogP contribution is -2.40. The Hall–Kier alpha value is -3.09. The van der Waals surface area contributed by atoms with Gasteiger partial charge in [-0.3, -0.25) is 9.59 Å². The fourth-order valence-corrected chi connectivity index (χ4v) is 4.66. The van der Waals surface area contributed by atoms with Crippen LogP contribution in [0.1, 0.15) is 0 Å². The van der Waals surface area contributed by atoms with Crippen LogP contribution in [0.3, 0.4) is 0 Å². The highest BCUT2D eigenvalue weighted by Crippen LogP contribution is 2.20. The number of carbonyl (C=O) groups excluding carboxylic acids is 1. The fourth-order valence-electron chi connectivity index (χ4n) is 3.21. The fraction of sp³-hybridized carbons (Fsp3) is 0.333. The van der Waals surface area contributed by atoms with Crippen molar-refractivity contribution in [3.63, 3.8) is 0 Å². The molecule has 0 bridgehead atoms. The Morgan fingerprint density at radius 3 is 2.70 bits per heavy atom. The SMILES string of the molecule is Cn1ncc2cnn(CC(=O)Nc3cccc(S(=O)(=O)N4CCOCC4)c3)c2c1=O. The Bertz CT molecular complexity index is 1260. The zero-order valence-corrected chi connectivity index (χ0v) is 17.0. The highest BCUT2D eigenvalue weighted by molar-refractivity contribution is 7.89. The number of aryl methyl sites for hydroxylation is 1. The number of nitrogens with zero attached hydrogens (tertiary/aromatic N) is 5. The van der Waals surface area contributed by atoms with Crippen molar-refractivity contribution < 1.29 is 17.9 Å². The van der Waals surface area contributed by atoms with Gasteiger partial charge in [0, 0.05) is 31.2 Å². The van der Waals surface area contributed by atoms with E-state index in [1.165, 1.54) is 45.2 Å². The molecular formula is C18H20N6O5S. The molecule has 0 spiro atoms. The van der Waals surface area contributed by atoms with E-state index in [2.05, 4.69) is 15.5 Å². The van der Waals surface area contributed by atoms with Gasteiger partial charge in [-0.2, -0.15) is 14.5 Å². The van der Waals surface area contributed by atoms with E-state index >= 15 is 0 Å². The van der Waals surface area contributed by atoms with Crippen LogP contribution in [0.25, 0.3) is 10.9 Å². The number of ether oxygens (including phenoxy) is 1. The number of benzene rings is 1. The highest BCUT2D eigenvalue weighted by Gasteiger charge is 2.26. The minimum Gasteiger partial charge on any atom is -0.379 e. The van der Waals surface area contributed by atoms with Gasteiger partial charge in [0.25, 0.3) is 5.56 Å². The van der Waals surface area contributed by atoms with Crippen LogP contribution >= 0.6 is 0 Å². The Kier molecular flexibility index (Phi) is 5.37. The van der Waals surface area contributed by atoms with E-state index in [1.807, 2.05) is 0 Å². The molecule has 30 heavy (non-hydrogen) atoms. The maximum atomic E-state index is 12.8. The van der Waals surface area contributed by atoms with Crippen molar-refractivity contribution in [3.8, 4) is 0 Å². The minimum absolute atomic E-state index is 0.0895. The third kappa shape index (κ3) is 3.84. The first kappa shape index (κ1) is 20.2. The van der Waals surface area contributed by atoms with Gasteiger partial charge in [0.1, 0.15) is 12.1 Å². The van der Waals surface area contributed by atoms with Crippen LogP contribution in [-0.4, -0.2) is 64.5 Å². The second kappa shape index (κ2) is 7.97. The van der Waals surface area contributed by atoms with Crippen LogP contribution in [0.4, 0.5) is 5.69 Å². The van der Waals surface area contributed by atoms with Crippen LogP contribution in [0.2, 0.25) is 0 Å². The lowest BCUT2D eigenvalue weighted by molar-refractivity contribution is -0.116. The van der Waals surface area contributed by atoms with Crippen molar-refractivity contribution in [2.45, 2.75) is 11.4 Å². The zero-order chi connectivity index (χ0) is 21.3. The average Bonchev–Trinajstić information content (AvgIpc) is 3.14. The van der Waals surface area contributed by atoms with Gasteiger partial charge in [0.2, 0.25) is 15.9 Å². The van der Waals surface area contributed by atoms with Crippen molar-refractivity contribution in [1.82, 2.24) is 23.9 Å². The van der Waals surface area contributed by atoms with Crippen molar-refractivity contribution in [3.05, 3.63) is 47.0 Å². The molecule has 0 radical (unpaired) electrons. The molecule has 1 saturated heterocycles. The Labute approximate surface area is 171 Å². The van der Waals surface area contributed by atoms with Gasteiger partial charge in [-0.15, -0.1) is 0 Å². The van der Waals surface area contributed by atoms with Crippen molar-refractivity contribution in [2.24, 2.45) is 7.05 Å². The second-order valence-corrected chi connectivity index (χ2v) is 8.71. The maximum absolute atomic E-state index is 12.8. The van der Waals surface area contributed by atoms with E-state index in [4.69, 9.17) is 4.74 Å². The molecule has 1 aliphatic rings. The number of morpholine rings is 1. The van der Waals surface area contributed by atoms with Gasteiger partial charge in [-0.25, -0.2) is 17.8 Å². The Morgan fingerprint density at radius 2 is 1.93 bits per heavy atom. The molecule has 2 aromatic heterocycles. The van der Waals surface area contributed by atoms with Crippen molar-refractivity contribution >= 4 is 32.5 Å². The summed E-state index contributed by atoms with van der Waals surface area (Å²) >= 11 is 0. The molecule has 3 aromatic rings. The van der Waals surface area contributed by atoms with Crippen LogP contribution in [0.5, 0.6) is 0 Å². The lowest BCUT2D eigenvalue weighted by Gasteiger charge is -2.26. The molecule has 1 aliphatic heterocycles. The molecule has 1 amide bonds. The summed E-state index contributed by atoms with van der Waals surface area (Å²) < 4.78 is 34.6. The van der Waals surface area contributed by atoms with Crippen molar-refractivity contribution in [2.75, 3.05) is 31.6 Å². The minimum atomic E-state index is -3.68. The van der Waals surface area contributed by atoms with Gasteiger partial charge in [-0.05, 0) is 18.2 Å². The molecule has 0 aliphatic carbocycles. The molecule has 158 valence electrons. The van der Waals surface area contributed by atoms with Crippen LogP contribution in [0.15, 0.2) is 46.3 Å². The molecule has 12 heteroatoms. The number of fused-ring (bicyclic) bond motifs is 1. The maximum Gasteiger partial charge on any atom is 0.292 e. The van der Waals surface area contributed by atoms with Gasteiger partial charge in [0.15, 0.2) is 0 Å². The first-order valence-corrected chi connectivity index (χ1v) is 10.7. The van der Waals surface area contributed by atoms with E-state index in [0.29, 0.717) is 24.3 Å². The monoisotopic (exact) mass is 432 g/mol. The van der Waals surface area contributed by atoms with E-state index in [1.54, 1.807) is 12.1 Å². The Morgan fingerprint density at radius 1 is 1.20 bits per heavy atom. The van der Waals surface area contributed by atoms with Crippen LogP contribution < -0.4 is 10.9 Å². The number of nitrogens with one attached hydrogen (secondary N) is 1. The third-order valence-corrected chi connectivity index (χ3v) is 6.65. The van der Waals surface area contributed by atoms with Gasteiger partial charge in [0.05, 0.1) is 30.5 Å². The Balaban J connectivity index is 1.53. The number of aromatic nitrogens is 4. The number of rotatable bonds is 5. The van der Waals surface area contributed by atoms with E-state index in [9.17, 15) is 18.0 Å². The number of hydrogen-bond donors (Lipinski definition) is 1. The summed E-state index contributed by atoms with van der Waals surface area (Å²) in [6, 6.07) is 6.05. The molecule has 1 fully saturated rings. The third-order valence-electron chi connectivity index (χ3n) is 4.75. The molecule has 4 rings (SSSR count). The largest absolute Gasteiger partial charge is 0.379 e. The summed E-state index contributed by atoms with van der Waals surface area (Å²) in [7, 11) is -2.16. The van der Waals surface area contributed by atoms with Gasteiger partial charge >= 0.3 is 0 Å². The first-order chi connectivity index (χ1) is 14.4. The second-order valence-electron chi connectivity index (χ2n) is 6.77. The molecule has 11 nitrogen and oxygen atoms in total. The predicted octanol–water partition coefficient (Wildman–Crippen LogP) is -0.210. The highest BCUT2D eigenvalue weighted by atomic mass is 32.2. The summed E-state index contributed by atoms with van der Waals surface area (Å²) in [4.78, 5) is 24.9. The standard InChI is InChI=1S/C18H20N6O5S/c1-22-18(26)17-13(10-19-22)11-20-24(17)12-16(25)21-14-3-2-4-15(9-14)30(27,28)23-5-7-29-8-6-23/h2-4,9-11H,5-8,12H2,1H3,(H,21,25). The summed E-state index contributed by atoms with van der Waals surface area (Å²) in [6.07, 6.45) is 2.96. The van der Waals surface area contributed by atoms with Gasteiger partial charge < -0.3 is 10.1 Å². The van der Waals surface area contributed by atoms with E-state index in [0.717, 1.165) is 0 Å². The quantitative estimate of drug-likeness (QED) is 0.591.